The molecule has 0 aliphatic rings. The zero-order valence-corrected chi connectivity index (χ0v) is 14.1. The van der Waals surface area contributed by atoms with Crippen molar-refractivity contribution in [2.75, 3.05) is 0 Å². The van der Waals surface area contributed by atoms with Crippen molar-refractivity contribution in [3.63, 3.8) is 0 Å². The Labute approximate surface area is 145 Å². The molecule has 2 aromatic heterocycles. The first-order valence-electron chi connectivity index (χ1n) is 7.99. The predicted octanol–water partition coefficient (Wildman–Crippen LogP) is 3.62. The number of pyridine rings is 1. The van der Waals surface area contributed by atoms with Crippen LogP contribution in [0.4, 0.5) is 0 Å². The molecule has 1 aromatic carbocycles. The van der Waals surface area contributed by atoms with Gasteiger partial charge in [0.2, 0.25) is 0 Å². The number of hydrogen-bond acceptors (Lipinski definition) is 5. The third kappa shape index (κ3) is 3.38. The fourth-order valence-electron chi connectivity index (χ4n) is 2.63. The lowest BCUT2D eigenvalue weighted by Gasteiger charge is -2.14. The van der Waals surface area contributed by atoms with E-state index in [9.17, 15) is 9.90 Å². The minimum Gasteiger partial charge on any atom is -0.507 e. The number of carbonyl (C=O) groups excluding carboxylic acids is 1. The van der Waals surface area contributed by atoms with Crippen LogP contribution in [0.1, 0.15) is 35.8 Å². The van der Waals surface area contributed by atoms with Gasteiger partial charge in [-0.3, -0.25) is 14.5 Å². The van der Waals surface area contributed by atoms with E-state index in [-0.39, 0.29) is 24.0 Å². The van der Waals surface area contributed by atoms with Gasteiger partial charge >= 0.3 is 0 Å². The Hall–Kier alpha value is -3.15. The second-order valence-electron chi connectivity index (χ2n) is 5.86. The van der Waals surface area contributed by atoms with E-state index >= 15 is 0 Å². The molecule has 128 valence electrons. The van der Waals surface area contributed by atoms with Crippen LogP contribution in [0.15, 0.2) is 48.8 Å². The Bertz CT molecular complexity index is 887. The predicted molar refractivity (Wildman–Crippen MR) is 93.7 cm³/mol. The second-order valence-corrected chi connectivity index (χ2v) is 5.86. The Kier molecular flexibility index (Phi) is 4.79. The third-order valence-electron chi connectivity index (χ3n) is 3.85. The molecule has 0 aliphatic heterocycles. The van der Waals surface area contributed by atoms with Gasteiger partial charge in [-0.15, -0.1) is 0 Å². The van der Waals surface area contributed by atoms with Crippen molar-refractivity contribution in [2.45, 2.75) is 26.5 Å². The van der Waals surface area contributed by atoms with Gasteiger partial charge in [0, 0.05) is 24.0 Å². The van der Waals surface area contributed by atoms with Crippen molar-refractivity contribution < 1.29 is 14.6 Å². The zero-order valence-electron chi connectivity index (χ0n) is 14.1. The monoisotopic (exact) mass is 337 g/mol. The molecule has 6 nitrogen and oxygen atoms in total. The van der Waals surface area contributed by atoms with Crippen molar-refractivity contribution in [3.8, 4) is 22.9 Å². The quantitative estimate of drug-likeness (QED) is 0.695. The van der Waals surface area contributed by atoms with E-state index in [2.05, 4.69) is 10.1 Å². The molecule has 6 heteroatoms. The summed E-state index contributed by atoms with van der Waals surface area (Å²) in [6, 6.07) is 10.6. The number of phenols is 1. The smallest absolute Gasteiger partial charge is 0.154 e. The normalized spacial score (nSPS) is 10.8. The molecular formula is C19H19N3O3. The molecule has 0 fully saturated rings. The Balaban J connectivity index is 1.91. The van der Waals surface area contributed by atoms with Crippen LogP contribution in [-0.4, -0.2) is 26.2 Å². The minimum atomic E-state index is -0.0552. The van der Waals surface area contributed by atoms with Crippen molar-refractivity contribution in [3.05, 3.63) is 59.9 Å². The average Bonchev–Trinajstić information content (AvgIpc) is 3.10. The summed E-state index contributed by atoms with van der Waals surface area (Å²) in [6.07, 6.45) is 4.06. The summed E-state index contributed by atoms with van der Waals surface area (Å²) in [4.78, 5) is 15.6. The number of nitrogens with zero attached hydrogens (tertiary/aromatic N) is 3. The summed E-state index contributed by atoms with van der Waals surface area (Å²) in [7, 11) is 0. The van der Waals surface area contributed by atoms with Gasteiger partial charge in [-0.2, -0.15) is 5.10 Å². The average molecular weight is 337 g/mol. The molecule has 0 radical (unpaired) electrons. The standard InChI is InChI=1S/C19H19N3O3/c1-13(2)22-16(8-10-21-22)19-18(7-4-9-20-19)25-12-14-5-3-6-17(24)15(14)11-23/h3-11,13,24H,12H2,1-2H3. The molecule has 3 rings (SSSR count). The van der Waals surface area contributed by atoms with Gasteiger partial charge in [0.25, 0.3) is 0 Å². The van der Waals surface area contributed by atoms with E-state index in [0.717, 1.165) is 5.69 Å². The topological polar surface area (TPSA) is 77.2 Å². The van der Waals surface area contributed by atoms with E-state index in [0.29, 0.717) is 23.3 Å². The minimum absolute atomic E-state index is 0.0552. The molecule has 0 unspecified atom stereocenters. The molecule has 0 amide bonds. The number of hydrogen-bond donors (Lipinski definition) is 1. The molecule has 2 heterocycles. The number of aromatic hydroxyl groups is 1. The molecule has 0 aliphatic carbocycles. The highest BCUT2D eigenvalue weighted by molar-refractivity contribution is 5.81. The number of rotatable bonds is 6. The first-order valence-corrected chi connectivity index (χ1v) is 7.99. The van der Waals surface area contributed by atoms with Gasteiger partial charge < -0.3 is 9.84 Å². The molecule has 25 heavy (non-hydrogen) atoms. The lowest BCUT2D eigenvalue weighted by molar-refractivity contribution is 0.111. The van der Waals surface area contributed by atoms with E-state index in [1.54, 1.807) is 30.6 Å². The largest absolute Gasteiger partial charge is 0.507 e. The van der Waals surface area contributed by atoms with Gasteiger partial charge in [-0.05, 0) is 38.1 Å². The number of ether oxygens (including phenoxy) is 1. The summed E-state index contributed by atoms with van der Waals surface area (Å²) < 4.78 is 7.78. The molecule has 0 atom stereocenters. The maximum atomic E-state index is 11.2. The Morgan fingerprint density at radius 1 is 1.20 bits per heavy atom. The molecular weight excluding hydrogens is 318 g/mol. The van der Waals surface area contributed by atoms with E-state index in [4.69, 9.17) is 4.74 Å². The van der Waals surface area contributed by atoms with Crippen LogP contribution in [0, 0.1) is 0 Å². The lowest BCUT2D eigenvalue weighted by atomic mass is 10.1. The highest BCUT2D eigenvalue weighted by Gasteiger charge is 2.15. The SMILES string of the molecule is CC(C)n1nccc1-c1ncccc1OCc1cccc(O)c1C=O. The first kappa shape index (κ1) is 16.7. The Morgan fingerprint density at radius 3 is 2.80 bits per heavy atom. The summed E-state index contributed by atoms with van der Waals surface area (Å²) in [6.45, 7) is 4.24. The fraction of sp³-hybridized carbons (Fsp3) is 0.211. The highest BCUT2D eigenvalue weighted by Crippen LogP contribution is 2.30. The molecule has 0 bridgehead atoms. The zero-order chi connectivity index (χ0) is 17.8. The van der Waals surface area contributed by atoms with Crippen LogP contribution in [-0.2, 0) is 6.61 Å². The van der Waals surface area contributed by atoms with E-state index in [1.165, 1.54) is 6.07 Å². The fourth-order valence-corrected chi connectivity index (χ4v) is 2.63. The number of phenolic OH excluding ortho intramolecular Hbond substituents is 1. The third-order valence-corrected chi connectivity index (χ3v) is 3.85. The van der Waals surface area contributed by atoms with Crippen LogP contribution < -0.4 is 4.74 Å². The van der Waals surface area contributed by atoms with E-state index < -0.39 is 0 Å². The van der Waals surface area contributed by atoms with Gasteiger partial charge in [-0.25, -0.2) is 0 Å². The number of aldehydes is 1. The van der Waals surface area contributed by atoms with Crippen LogP contribution in [0.5, 0.6) is 11.5 Å². The van der Waals surface area contributed by atoms with Gasteiger partial charge in [-0.1, -0.05) is 12.1 Å². The van der Waals surface area contributed by atoms with Crippen molar-refractivity contribution in [1.82, 2.24) is 14.8 Å². The van der Waals surface area contributed by atoms with Gasteiger partial charge in [0.15, 0.2) is 6.29 Å². The summed E-state index contributed by atoms with van der Waals surface area (Å²) >= 11 is 0. The summed E-state index contributed by atoms with van der Waals surface area (Å²) in [5.41, 5.74) is 2.39. The van der Waals surface area contributed by atoms with Crippen LogP contribution in [0.25, 0.3) is 11.4 Å². The highest BCUT2D eigenvalue weighted by atomic mass is 16.5. The summed E-state index contributed by atoms with van der Waals surface area (Å²) in [5.74, 6) is 0.533. The second kappa shape index (κ2) is 7.17. The van der Waals surface area contributed by atoms with Crippen LogP contribution in [0.2, 0.25) is 0 Å². The maximum absolute atomic E-state index is 11.2. The van der Waals surface area contributed by atoms with Crippen molar-refractivity contribution in [1.29, 1.82) is 0 Å². The molecule has 0 saturated heterocycles. The first-order chi connectivity index (χ1) is 12.1. The van der Waals surface area contributed by atoms with Crippen LogP contribution >= 0.6 is 0 Å². The van der Waals surface area contributed by atoms with Crippen molar-refractivity contribution >= 4 is 6.29 Å². The van der Waals surface area contributed by atoms with Crippen LogP contribution in [0.3, 0.4) is 0 Å². The lowest BCUT2D eigenvalue weighted by Crippen LogP contribution is -2.07. The van der Waals surface area contributed by atoms with E-state index in [1.807, 2.05) is 30.7 Å². The Morgan fingerprint density at radius 2 is 2.04 bits per heavy atom. The number of carbonyl (C=O) groups is 1. The molecule has 1 N–H and O–H groups in total. The molecule has 0 saturated carbocycles. The molecule has 0 spiro atoms. The number of benzene rings is 1. The number of aromatic nitrogens is 3. The molecule has 3 aromatic rings. The summed E-state index contributed by atoms with van der Waals surface area (Å²) in [5, 5.41) is 14.1. The van der Waals surface area contributed by atoms with Gasteiger partial charge in [0.1, 0.15) is 23.8 Å². The van der Waals surface area contributed by atoms with Crippen molar-refractivity contribution in [2.24, 2.45) is 0 Å². The maximum Gasteiger partial charge on any atom is 0.154 e. The van der Waals surface area contributed by atoms with Gasteiger partial charge in [0.05, 0.1) is 11.3 Å².